The molecule has 0 amide bonds. The van der Waals surface area contributed by atoms with Crippen LogP contribution in [0.1, 0.15) is 51.4 Å². The SMILES string of the molecule is C1=CCC/C=C\CC1.C1=CCC/C=C\CC1.[Cl-].[Cl-].[Rh+2]. The van der Waals surface area contributed by atoms with E-state index in [0.717, 1.165) is 0 Å². The van der Waals surface area contributed by atoms with Gasteiger partial charge in [0.05, 0.1) is 0 Å². The predicted molar refractivity (Wildman–Crippen MR) is 73.5 cm³/mol. The van der Waals surface area contributed by atoms with Gasteiger partial charge in [0.2, 0.25) is 0 Å². The van der Waals surface area contributed by atoms with Crippen molar-refractivity contribution in [3.8, 4) is 0 Å². The molecule has 0 bridgehead atoms. The minimum Gasteiger partial charge on any atom is -1.00 e. The smallest absolute Gasteiger partial charge is 1.00 e. The first-order valence-corrected chi connectivity index (χ1v) is 6.60. The Kier molecular flexibility index (Phi) is 26.1. The summed E-state index contributed by atoms with van der Waals surface area (Å²) in [5, 5.41) is 0. The van der Waals surface area contributed by atoms with Gasteiger partial charge >= 0.3 is 19.5 Å². The number of hydrogen-bond acceptors (Lipinski definition) is 0. The molecule has 2 aliphatic carbocycles. The maximum Gasteiger partial charge on any atom is 2.00 e. The van der Waals surface area contributed by atoms with Crippen LogP contribution in [0.3, 0.4) is 0 Å². The third-order valence-corrected chi connectivity index (χ3v) is 2.67. The molecule has 0 aromatic rings. The zero-order valence-corrected chi connectivity index (χ0v) is 14.5. The summed E-state index contributed by atoms with van der Waals surface area (Å²) in [4.78, 5) is 0. The van der Waals surface area contributed by atoms with E-state index in [1.807, 2.05) is 0 Å². The van der Waals surface area contributed by atoms with Crippen LogP contribution in [0.4, 0.5) is 0 Å². The molecule has 0 saturated carbocycles. The molecule has 0 aromatic heterocycles. The van der Waals surface area contributed by atoms with Gasteiger partial charge < -0.3 is 24.8 Å². The Labute approximate surface area is 144 Å². The molecular weight excluding hydrogens is 366 g/mol. The van der Waals surface area contributed by atoms with Crippen molar-refractivity contribution in [1.29, 1.82) is 0 Å². The van der Waals surface area contributed by atoms with Gasteiger partial charge in [-0.25, -0.2) is 0 Å². The second-order valence-electron chi connectivity index (χ2n) is 4.20. The van der Waals surface area contributed by atoms with Crippen molar-refractivity contribution in [3.63, 3.8) is 0 Å². The summed E-state index contributed by atoms with van der Waals surface area (Å²) >= 11 is 0. The molecule has 1 radical (unpaired) electrons. The third kappa shape index (κ3) is 18.2. The predicted octanol–water partition coefficient (Wildman–Crippen LogP) is -0.649. The normalized spacial score (nSPS) is 20.2. The van der Waals surface area contributed by atoms with E-state index in [0.29, 0.717) is 0 Å². The molecule has 0 spiro atoms. The van der Waals surface area contributed by atoms with Crippen LogP contribution in [-0.2, 0) is 19.5 Å². The molecule has 0 fully saturated rings. The molecule has 19 heavy (non-hydrogen) atoms. The molecule has 2 rings (SSSR count). The van der Waals surface area contributed by atoms with Crippen molar-refractivity contribution < 1.29 is 44.3 Å². The summed E-state index contributed by atoms with van der Waals surface area (Å²) in [7, 11) is 0. The average molecular weight is 390 g/mol. The molecule has 0 aromatic carbocycles. The van der Waals surface area contributed by atoms with Crippen molar-refractivity contribution >= 4 is 0 Å². The zero-order chi connectivity index (χ0) is 11.3. The first kappa shape index (κ1) is 24.2. The molecule has 0 unspecified atom stereocenters. The number of halogens is 2. The largest absolute Gasteiger partial charge is 2.00 e. The monoisotopic (exact) mass is 389 g/mol. The molecule has 111 valence electrons. The van der Waals surface area contributed by atoms with E-state index in [1.165, 1.54) is 51.4 Å². The topological polar surface area (TPSA) is 0 Å². The van der Waals surface area contributed by atoms with Crippen LogP contribution in [-0.4, -0.2) is 0 Å². The van der Waals surface area contributed by atoms with Crippen LogP contribution in [0.2, 0.25) is 0 Å². The Hall–Kier alpha value is 0.163. The quantitative estimate of drug-likeness (QED) is 0.381. The molecule has 0 N–H and O–H groups in total. The molecule has 0 atom stereocenters. The van der Waals surface area contributed by atoms with E-state index in [9.17, 15) is 0 Å². The minimum atomic E-state index is 0. The molecule has 0 heterocycles. The molecule has 0 nitrogen and oxygen atoms in total. The van der Waals surface area contributed by atoms with E-state index in [2.05, 4.69) is 48.6 Å². The van der Waals surface area contributed by atoms with E-state index < -0.39 is 0 Å². The summed E-state index contributed by atoms with van der Waals surface area (Å²) in [6.07, 6.45) is 28.0. The van der Waals surface area contributed by atoms with Gasteiger partial charge in [-0.3, -0.25) is 0 Å². The maximum absolute atomic E-state index is 2.27. The fourth-order valence-electron chi connectivity index (χ4n) is 1.71. The summed E-state index contributed by atoms with van der Waals surface area (Å²) in [6.45, 7) is 0. The van der Waals surface area contributed by atoms with Gasteiger partial charge in [0.1, 0.15) is 0 Å². The van der Waals surface area contributed by atoms with Crippen LogP contribution in [0.15, 0.2) is 48.6 Å². The van der Waals surface area contributed by atoms with Crippen LogP contribution in [0, 0.1) is 0 Å². The second kappa shape index (κ2) is 20.5. The fraction of sp³-hybridized carbons (Fsp3) is 0.500. The van der Waals surface area contributed by atoms with Crippen LogP contribution in [0.25, 0.3) is 0 Å². The first-order chi connectivity index (χ1) is 8.00. The van der Waals surface area contributed by atoms with E-state index >= 15 is 0 Å². The summed E-state index contributed by atoms with van der Waals surface area (Å²) in [6, 6.07) is 0. The minimum absolute atomic E-state index is 0. The Morgan fingerprint density at radius 2 is 0.421 bits per heavy atom. The zero-order valence-electron chi connectivity index (χ0n) is 11.4. The van der Waals surface area contributed by atoms with Crippen molar-refractivity contribution in [2.75, 3.05) is 0 Å². The van der Waals surface area contributed by atoms with Crippen molar-refractivity contribution in [2.45, 2.75) is 51.4 Å². The molecular formula is C16H24Cl2Rh. The number of hydrogen-bond donors (Lipinski definition) is 0. The van der Waals surface area contributed by atoms with Gasteiger partial charge in [-0.2, -0.15) is 0 Å². The molecule has 3 heteroatoms. The number of allylic oxidation sites excluding steroid dienone is 8. The average Bonchev–Trinajstić information content (AvgIpc) is 2.15. The Bertz CT molecular complexity index is 188. The Morgan fingerprint density at radius 3 is 0.526 bits per heavy atom. The standard InChI is InChI=1S/2C8H12.2ClH.Rh/c2*1-2-4-6-8-7-5-3-1;;;/h2*1-2,7-8H,3-6H2;2*1H;/q;;;;+2/p-2/b2*2-1-,8-7?;;;. The van der Waals surface area contributed by atoms with Crippen LogP contribution in [0.5, 0.6) is 0 Å². The van der Waals surface area contributed by atoms with E-state index in [-0.39, 0.29) is 44.3 Å². The van der Waals surface area contributed by atoms with Gasteiger partial charge in [-0.05, 0) is 51.4 Å². The maximum atomic E-state index is 2.27. The van der Waals surface area contributed by atoms with Crippen molar-refractivity contribution in [2.24, 2.45) is 0 Å². The molecule has 2 aliphatic rings. The van der Waals surface area contributed by atoms with E-state index in [4.69, 9.17) is 0 Å². The van der Waals surface area contributed by atoms with Gasteiger partial charge in [-0.1, -0.05) is 48.6 Å². The number of rotatable bonds is 0. The van der Waals surface area contributed by atoms with Crippen molar-refractivity contribution in [3.05, 3.63) is 48.6 Å². The van der Waals surface area contributed by atoms with Gasteiger partial charge in [-0.15, -0.1) is 0 Å². The fourth-order valence-corrected chi connectivity index (χ4v) is 1.71. The summed E-state index contributed by atoms with van der Waals surface area (Å²) in [5.74, 6) is 0. The third-order valence-electron chi connectivity index (χ3n) is 2.67. The Morgan fingerprint density at radius 1 is 0.316 bits per heavy atom. The molecule has 0 aliphatic heterocycles. The summed E-state index contributed by atoms with van der Waals surface area (Å²) < 4.78 is 0. The van der Waals surface area contributed by atoms with Gasteiger partial charge in [0.15, 0.2) is 0 Å². The first-order valence-electron chi connectivity index (χ1n) is 6.60. The van der Waals surface area contributed by atoms with Gasteiger partial charge in [0.25, 0.3) is 0 Å². The van der Waals surface area contributed by atoms with Crippen LogP contribution >= 0.6 is 0 Å². The molecule has 0 saturated heterocycles. The van der Waals surface area contributed by atoms with Crippen LogP contribution < -0.4 is 24.8 Å². The summed E-state index contributed by atoms with van der Waals surface area (Å²) in [5.41, 5.74) is 0. The Balaban J connectivity index is -0.000000233. The van der Waals surface area contributed by atoms with Gasteiger partial charge in [0, 0.05) is 0 Å². The second-order valence-corrected chi connectivity index (χ2v) is 4.20. The van der Waals surface area contributed by atoms with E-state index in [1.54, 1.807) is 0 Å². The van der Waals surface area contributed by atoms with Crippen molar-refractivity contribution in [1.82, 2.24) is 0 Å².